The molecule has 72 heavy (non-hydrogen) atoms. The molecule has 2 aromatic rings. The first-order valence-electron chi connectivity index (χ1n) is 29.1. The van der Waals surface area contributed by atoms with Crippen LogP contribution in [0.25, 0.3) is 22.7 Å². The van der Waals surface area contributed by atoms with E-state index in [0.29, 0.717) is 53.8 Å². The largest absolute Gasteiger partial charge is 0.364 e. The van der Waals surface area contributed by atoms with E-state index in [1.807, 2.05) is 0 Å². The van der Waals surface area contributed by atoms with Gasteiger partial charge in [-0.1, -0.05) is 109 Å². The molecule has 9 unspecified atom stereocenters. The molecular formula is C68H76N4. The number of rotatable bonds is 9. The molecule has 0 fully saturated rings. The SMILES string of the molecule is C1=CCCC(n2c3c(c4cc(N(C5=C6C=CCCC6CCC5)C5C=CC(C6=CCC(N(C7=CC8=C(CC7)N(C7CC=CCC7)C7C=CCCC87)C7=CC=CC8CCC=CC78)C=C6)CC5)ccc42)CCC=C3)=C1. The Kier molecular flexibility index (Phi) is 12.0. The third-order valence-electron chi connectivity index (χ3n) is 19.4. The second-order valence-electron chi connectivity index (χ2n) is 23.3. The van der Waals surface area contributed by atoms with Gasteiger partial charge in [0.05, 0.1) is 23.6 Å². The smallest absolute Gasteiger partial charge is 0.0554 e. The van der Waals surface area contributed by atoms with Crippen molar-refractivity contribution in [1.82, 2.24) is 14.4 Å². The van der Waals surface area contributed by atoms with Crippen molar-refractivity contribution in [3.63, 3.8) is 0 Å². The minimum atomic E-state index is 0.322. The summed E-state index contributed by atoms with van der Waals surface area (Å²) in [5, 5.41) is 1.46. The summed E-state index contributed by atoms with van der Waals surface area (Å²) in [5.41, 5.74) is 18.3. The lowest BCUT2D eigenvalue weighted by Crippen LogP contribution is -2.42. The van der Waals surface area contributed by atoms with E-state index in [-0.39, 0.29) is 0 Å². The topological polar surface area (TPSA) is 14.7 Å². The first-order chi connectivity index (χ1) is 35.7. The van der Waals surface area contributed by atoms with E-state index in [1.165, 1.54) is 135 Å². The molecule has 11 aliphatic carbocycles. The van der Waals surface area contributed by atoms with Crippen molar-refractivity contribution in [2.24, 2.45) is 29.6 Å². The monoisotopic (exact) mass is 949 g/mol. The van der Waals surface area contributed by atoms with E-state index in [4.69, 9.17) is 0 Å². The fourth-order valence-electron chi connectivity index (χ4n) is 16.0. The summed E-state index contributed by atoms with van der Waals surface area (Å²) in [4.78, 5) is 8.62. The molecule has 9 atom stereocenters. The van der Waals surface area contributed by atoms with Gasteiger partial charge in [0.1, 0.15) is 0 Å². The Hall–Kier alpha value is -5.74. The van der Waals surface area contributed by atoms with Gasteiger partial charge in [0.2, 0.25) is 0 Å². The Morgan fingerprint density at radius 2 is 1.51 bits per heavy atom. The van der Waals surface area contributed by atoms with Gasteiger partial charge in [-0.3, -0.25) is 0 Å². The predicted molar refractivity (Wildman–Crippen MR) is 301 cm³/mol. The molecule has 1 aliphatic heterocycles. The second kappa shape index (κ2) is 19.3. The van der Waals surface area contributed by atoms with Crippen LogP contribution >= 0.6 is 0 Å². The summed E-state index contributed by atoms with van der Waals surface area (Å²) < 4.78 is 2.59. The van der Waals surface area contributed by atoms with Gasteiger partial charge in [-0.2, -0.15) is 0 Å². The van der Waals surface area contributed by atoms with Gasteiger partial charge >= 0.3 is 0 Å². The molecule has 12 aliphatic rings. The van der Waals surface area contributed by atoms with Crippen LogP contribution in [-0.4, -0.2) is 38.5 Å². The summed E-state index contributed by atoms with van der Waals surface area (Å²) in [5.74, 6) is 2.81. The molecule has 1 aromatic carbocycles. The van der Waals surface area contributed by atoms with Crippen molar-refractivity contribution in [1.29, 1.82) is 0 Å². The van der Waals surface area contributed by atoms with Crippen LogP contribution < -0.4 is 4.90 Å². The number of benzene rings is 1. The highest BCUT2D eigenvalue weighted by molar-refractivity contribution is 5.94. The lowest BCUT2D eigenvalue weighted by molar-refractivity contribution is 0.183. The summed E-state index contributed by atoms with van der Waals surface area (Å²) in [7, 11) is 0. The Balaban J connectivity index is 0.772. The van der Waals surface area contributed by atoms with Crippen LogP contribution in [0.5, 0.6) is 0 Å². The maximum Gasteiger partial charge on any atom is 0.0554 e. The average molecular weight is 949 g/mol. The molecule has 1 aromatic heterocycles. The van der Waals surface area contributed by atoms with Crippen LogP contribution in [0, 0.1) is 29.6 Å². The van der Waals surface area contributed by atoms with Gasteiger partial charge in [-0.05, 0) is 211 Å². The Morgan fingerprint density at radius 1 is 0.597 bits per heavy atom. The highest BCUT2D eigenvalue weighted by Gasteiger charge is 2.44. The maximum absolute atomic E-state index is 2.92. The number of allylic oxidation sites excluding steroid dienone is 22. The molecule has 368 valence electrons. The van der Waals surface area contributed by atoms with Crippen molar-refractivity contribution in [2.45, 2.75) is 159 Å². The van der Waals surface area contributed by atoms with Crippen molar-refractivity contribution in [2.75, 3.05) is 4.90 Å². The van der Waals surface area contributed by atoms with Crippen LogP contribution in [0.4, 0.5) is 5.69 Å². The van der Waals surface area contributed by atoms with Crippen molar-refractivity contribution < 1.29 is 0 Å². The van der Waals surface area contributed by atoms with Crippen molar-refractivity contribution in [3.05, 3.63) is 197 Å². The third kappa shape index (κ3) is 7.91. The summed E-state index contributed by atoms with van der Waals surface area (Å²) in [6, 6.07) is 9.40. The third-order valence-corrected chi connectivity index (χ3v) is 19.4. The van der Waals surface area contributed by atoms with Crippen LogP contribution in [0.15, 0.2) is 185 Å². The predicted octanol–water partition coefficient (Wildman–Crippen LogP) is 16.6. The molecule has 0 amide bonds. The molecule has 2 heterocycles. The molecule has 4 nitrogen and oxygen atoms in total. The molecule has 0 bridgehead atoms. The Morgan fingerprint density at radius 3 is 2.40 bits per heavy atom. The molecule has 0 saturated heterocycles. The lowest BCUT2D eigenvalue weighted by Gasteiger charge is -2.44. The average Bonchev–Trinajstić information content (AvgIpc) is 3.96. The van der Waals surface area contributed by atoms with Gasteiger partial charge in [-0.15, -0.1) is 0 Å². The number of hydrogen-bond acceptors (Lipinski definition) is 3. The van der Waals surface area contributed by atoms with Gasteiger partial charge in [0.25, 0.3) is 0 Å². The fraction of sp³-hybridized carbons (Fsp3) is 0.441. The standard InChI is InChI=1S/C68H76N4/c1-3-21-51(22-4-1)71-65-29-13-11-27-59(65)61-45-55(41-43-67(61)71)69(63-31-15-19-49-17-7-9-25-57(49)63)53-37-33-47(34-38-53)48-35-39-54(40-36-48)70(64-32-16-20-50-18-8-10-26-58(50)64)56-42-44-68-62(46-56)60-28-12-14-30-66(60)72(68)52-23-5-2-6-24-52/h1-3,5,9-10,13-15,19,23,25-26,29-31,33-35,37,39,42,44-46,48-51,53-54,57,59,65H,4,6-8,11-12,16-18,20-22,24,27-28,32,36,38,40-41,43H2. The van der Waals surface area contributed by atoms with Gasteiger partial charge in [0.15, 0.2) is 0 Å². The highest BCUT2D eigenvalue weighted by Crippen LogP contribution is 2.51. The Bertz CT molecular complexity index is 2990. The van der Waals surface area contributed by atoms with E-state index in [0.717, 1.165) is 44.9 Å². The minimum Gasteiger partial charge on any atom is -0.364 e. The van der Waals surface area contributed by atoms with Crippen molar-refractivity contribution in [3.8, 4) is 0 Å². The molecule has 0 spiro atoms. The molecule has 0 saturated carbocycles. The first kappa shape index (κ1) is 44.9. The van der Waals surface area contributed by atoms with Crippen LogP contribution in [-0.2, 0) is 6.42 Å². The lowest BCUT2D eigenvalue weighted by atomic mass is 9.77. The maximum atomic E-state index is 2.92. The second-order valence-corrected chi connectivity index (χ2v) is 23.3. The van der Waals surface area contributed by atoms with Crippen molar-refractivity contribution >= 4 is 28.4 Å². The molecule has 0 radical (unpaired) electrons. The zero-order valence-corrected chi connectivity index (χ0v) is 42.8. The van der Waals surface area contributed by atoms with Gasteiger partial charge in [-0.25, -0.2) is 0 Å². The van der Waals surface area contributed by atoms with Crippen LogP contribution in [0.3, 0.4) is 0 Å². The van der Waals surface area contributed by atoms with E-state index in [9.17, 15) is 0 Å². The minimum absolute atomic E-state index is 0.322. The van der Waals surface area contributed by atoms with Crippen LogP contribution in [0.2, 0.25) is 0 Å². The van der Waals surface area contributed by atoms with E-state index < -0.39 is 0 Å². The van der Waals surface area contributed by atoms with E-state index in [1.54, 1.807) is 28.2 Å². The highest BCUT2D eigenvalue weighted by atomic mass is 15.2. The molecule has 14 rings (SSSR count). The van der Waals surface area contributed by atoms with Crippen LogP contribution in [0.1, 0.15) is 140 Å². The zero-order chi connectivity index (χ0) is 47.5. The number of nitrogens with zero attached hydrogens (tertiary/aromatic N) is 4. The fourth-order valence-corrected chi connectivity index (χ4v) is 16.0. The summed E-state index contributed by atoms with van der Waals surface area (Å²) in [6.45, 7) is 0. The summed E-state index contributed by atoms with van der Waals surface area (Å²) in [6.07, 6.45) is 80.0. The molecular weight excluding hydrogens is 873 g/mol. The van der Waals surface area contributed by atoms with Gasteiger partial charge in [0, 0.05) is 69.0 Å². The number of fused-ring (bicyclic) bond motifs is 7. The zero-order valence-electron chi connectivity index (χ0n) is 42.8. The number of hydrogen-bond donors (Lipinski definition) is 0. The van der Waals surface area contributed by atoms with Gasteiger partial charge < -0.3 is 19.3 Å². The van der Waals surface area contributed by atoms with E-state index >= 15 is 0 Å². The first-order valence-corrected chi connectivity index (χ1v) is 29.1. The summed E-state index contributed by atoms with van der Waals surface area (Å²) >= 11 is 0. The number of aryl methyl sites for hydroxylation is 1. The number of aromatic nitrogens is 1. The van der Waals surface area contributed by atoms with E-state index in [2.05, 4.69) is 171 Å². The quantitative estimate of drug-likeness (QED) is 0.233. The Labute approximate surface area is 430 Å². The number of anilines is 1. The normalized spacial score (nSPS) is 32.2. The molecule has 4 heteroatoms. The molecule has 0 N–H and O–H groups in total.